The molecule has 8 heteroatoms. The molecule has 4 aromatic heterocycles. The van der Waals surface area contributed by atoms with Gasteiger partial charge in [-0.1, -0.05) is 0 Å². The van der Waals surface area contributed by atoms with Gasteiger partial charge in [0.05, 0.1) is 24.1 Å². The Bertz CT molecular complexity index is 1350. The van der Waals surface area contributed by atoms with Gasteiger partial charge in [-0.25, -0.2) is 0 Å². The molecule has 0 unspecified atom stereocenters. The van der Waals surface area contributed by atoms with Crippen LogP contribution < -0.4 is 10.2 Å². The van der Waals surface area contributed by atoms with Crippen molar-refractivity contribution in [3.05, 3.63) is 67.3 Å². The van der Waals surface area contributed by atoms with Gasteiger partial charge < -0.3 is 24.5 Å². The van der Waals surface area contributed by atoms with Crippen molar-refractivity contribution >= 4 is 39.3 Å². The summed E-state index contributed by atoms with van der Waals surface area (Å²) >= 11 is 0. The molecule has 1 saturated heterocycles. The first kappa shape index (κ1) is 17.9. The van der Waals surface area contributed by atoms with E-state index in [1.54, 1.807) is 6.20 Å². The van der Waals surface area contributed by atoms with Crippen molar-refractivity contribution in [1.29, 1.82) is 0 Å². The number of fused-ring (bicyclic) bond motifs is 2. The molecule has 154 valence electrons. The Labute approximate surface area is 178 Å². The summed E-state index contributed by atoms with van der Waals surface area (Å²) in [5.74, 6) is 1.36. The zero-order valence-corrected chi connectivity index (χ0v) is 16.8. The topological polar surface area (TPSA) is 83.9 Å². The number of hydrogen-bond donors (Lipinski definition) is 2. The third-order valence-electron chi connectivity index (χ3n) is 5.61. The molecule has 0 radical (unpaired) electrons. The van der Waals surface area contributed by atoms with Gasteiger partial charge in [-0.2, -0.15) is 9.97 Å². The molecule has 0 bridgehead atoms. The van der Waals surface area contributed by atoms with Gasteiger partial charge in [0.25, 0.3) is 0 Å². The molecule has 1 fully saturated rings. The van der Waals surface area contributed by atoms with E-state index in [-0.39, 0.29) is 0 Å². The molecule has 1 aliphatic rings. The molecule has 0 atom stereocenters. The lowest BCUT2D eigenvalue weighted by Crippen LogP contribution is -2.36. The van der Waals surface area contributed by atoms with E-state index in [1.165, 1.54) is 5.69 Å². The Hall–Kier alpha value is -3.91. The van der Waals surface area contributed by atoms with E-state index in [0.717, 1.165) is 59.7 Å². The van der Waals surface area contributed by atoms with E-state index >= 15 is 0 Å². The van der Waals surface area contributed by atoms with Crippen LogP contribution in [-0.4, -0.2) is 50.8 Å². The molecular weight excluding hydrogens is 390 g/mol. The van der Waals surface area contributed by atoms with Gasteiger partial charge in [-0.05, 0) is 42.5 Å². The van der Waals surface area contributed by atoms with Crippen LogP contribution in [0.5, 0.6) is 0 Å². The number of aromatic amines is 1. The summed E-state index contributed by atoms with van der Waals surface area (Å²) in [5, 5.41) is 5.38. The third kappa shape index (κ3) is 3.27. The summed E-state index contributed by atoms with van der Waals surface area (Å²) < 4.78 is 7.51. The maximum absolute atomic E-state index is 5.44. The maximum Gasteiger partial charge on any atom is 0.231 e. The molecule has 0 aliphatic carbocycles. The van der Waals surface area contributed by atoms with Crippen LogP contribution in [-0.2, 0) is 4.74 Å². The summed E-state index contributed by atoms with van der Waals surface area (Å²) in [6.07, 6.45) is 7.55. The van der Waals surface area contributed by atoms with Crippen LogP contribution in [0.15, 0.2) is 67.3 Å². The van der Waals surface area contributed by atoms with Gasteiger partial charge in [-0.15, -0.1) is 0 Å². The van der Waals surface area contributed by atoms with E-state index in [4.69, 9.17) is 9.72 Å². The van der Waals surface area contributed by atoms with Crippen molar-refractivity contribution in [2.75, 3.05) is 36.5 Å². The summed E-state index contributed by atoms with van der Waals surface area (Å²) in [4.78, 5) is 19.3. The highest BCUT2D eigenvalue weighted by molar-refractivity contribution is 5.88. The summed E-state index contributed by atoms with van der Waals surface area (Å²) in [5.41, 5.74) is 3.98. The first-order valence-corrected chi connectivity index (χ1v) is 10.3. The second kappa shape index (κ2) is 7.41. The van der Waals surface area contributed by atoms with Crippen molar-refractivity contribution in [2.45, 2.75) is 0 Å². The Morgan fingerprint density at radius 1 is 0.968 bits per heavy atom. The average molecular weight is 411 g/mol. The Balaban J connectivity index is 1.35. The predicted octanol–water partition coefficient (Wildman–Crippen LogP) is 3.88. The van der Waals surface area contributed by atoms with E-state index in [1.807, 2.05) is 36.8 Å². The SMILES string of the molecule is c1cc2c(ccn2-c2nc(Nc3ccc(N4CCOCC4)cc3)nc3[nH]ccc23)cn1. The lowest BCUT2D eigenvalue weighted by atomic mass is 10.2. The quantitative estimate of drug-likeness (QED) is 0.467. The summed E-state index contributed by atoms with van der Waals surface area (Å²) in [6, 6.07) is 14.4. The lowest BCUT2D eigenvalue weighted by Gasteiger charge is -2.28. The van der Waals surface area contributed by atoms with Crippen LogP contribution in [0.3, 0.4) is 0 Å². The van der Waals surface area contributed by atoms with Crippen LogP contribution >= 0.6 is 0 Å². The first-order valence-electron chi connectivity index (χ1n) is 10.3. The molecule has 5 heterocycles. The molecule has 2 N–H and O–H groups in total. The van der Waals surface area contributed by atoms with Crippen LogP contribution in [0.4, 0.5) is 17.3 Å². The van der Waals surface area contributed by atoms with Crippen molar-refractivity contribution in [3.8, 4) is 5.82 Å². The fourth-order valence-electron chi connectivity index (χ4n) is 4.04. The zero-order chi connectivity index (χ0) is 20.6. The molecule has 1 aromatic carbocycles. The molecule has 0 saturated carbocycles. The number of aromatic nitrogens is 5. The van der Waals surface area contributed by atoms with Gasteiger partial charge in [0.2, 0.25) is 5.95 Å². The van der Waals surface area contributed by atoms with Crippen molar-refractivity contribution in [3.63, 3.8) is 0 Å². The number of morpholine rings is 1. The van der Waals surface area contributed by atoms with Gasteiger partial charge in [0.15, 0.2) is 5.82 Å². The number of pyridine rings is 1. The largest absolute Gasteiger partial charge is 0.378 e. The standard InChI is InChI=1S/C23H21N7O/c1-3-18(29-11-13-31-14-12-29)4-2-17(1)26-23-27-21-19(5-9-25-21)22(28-23)30-10-7-16-15-24-8-6-20(16)30/h1-10,15H,11-14H2,(H2,25,26,27,28). The van der Waals surface area contributed by atoms with E-state index in [2.05, 4.69) is 54.0 Å². The second-order valence-electron chi connectivity index (χ2n) is 7.50. The lowest BCUT2D eigenvalue weighted by molar-refractivity contribution is 0.122. The highest BCUT2D eigenvalue weighted by Crippen LogP contribution is 2.27. The van der Waals surface area contributed by atoms with Gasteiger partial charge in [-0.3, -0.25) is 4.98 Å². The minimum atomic E-state index is 0.542. The van der Waals surface area contributed by atoms with E-state index < -0.39 is 0 Å². The third-order valence-corrected chi connectivity index (χ3v) is 5.61. The Morgan fingerprint density at radius 3 is 2.71 bits per heavy atom. The highest BCUT2D eigenvalue weighted by Gasteiger charge is 2.14. The minimum absolute atomic E-state index is 0.542. The molecule has 31 heavy (non-hydrogen) atoms. The smallest absolute Gasteiger partial charge is 0.231 e. The molecule has 0 spiro atoms. The molecule has 8 nitrogen and oxygen atoms in total. The van der Waals surface area contributed by atoms with Crippen LogP contribution in [0.2, 0.25) is 0 Å². The van der Waals surface area contributed by atoms with Crippen molar-refractivity contribution < 1.29 is 4.74 Å². The van der Waals surface area contributed by atoms with Crippen LogP contribution in [0, 0.1) is 0 Å². The molecule has 1 aliphatic heterocycles. The second-order valence-corrected chi connectivity index (χ2v) is 7.50. The number of ether oxygens (including phenoxy) is 1. The van der Waals surface area contributed by atoms with Crippen LogP contribution in [0.1, 0.15) is 0 Å². The van der Waals surface area contributed by atoms with E-state index in [9.17, 15) is 0 Å². The summed E-state index contributed by atoms with van der Waals surface area (Å²) in [6.45, 7) is 3.39. The number of anilines is 3. The Morgan fingerprint density at radius 2 is 1.84 bits per heavy atom. The molecule has 5 aromatic rings. The van der Waals surface area contributed by atoms with Gasteiger partial charge >= 0.3 is 0 Å². The number of benzene rings is 1. The van der Waals surface area contributed by atoms with Crippen LogP contribution in [0.25, 0.3) is 27.8 Å². The highest BCUT2D eigenvalue weighted by atomic mass is 16.5. The van der Waals surface area contributed by atoms with Crippen molar-refractivity contribution in [2.24, 2.45) is 0 Å². The predicted molar refractivity (Wildman–Crippen MR) is 121 cm³/mol. The fraction of sp³-hybridized carbons (Fsp3) is 0.174. The van der Waals surface area contributed by atoms with E-state index in [0.29, 0.717) is 5.95 Å². The average Bonchev–Trinajstić information content (AvgIpc) is 3.47. The molecular formula is C23H21N7O. The number of nitrogens with one attached hydrogen (secondary N) is 2. The molecule has 6 rings (SSSR count). The number of H-pyrrole nitrogens is 1. The van der Waals surface area contributed by atoms with Gasteiger partial charge in [0, 0.05) is 54.6 Å². The Kier molecular flexibility index (Phi) is 4.28. The number of rotatable bonds is 4. The molecule has 0 amide bonds. The number of nitrogens with zero attached hydrogens (tertiary/aromatic N) is 5. The first-order chi connectivity index (χ1) is 15.3. The zero-order valence-electron chi connectivity index (χ0n) is 16.8. The summed E-state index contributed by atoms with van der Waals surface area (Å²) in [7, 11) is 0. The maximum atomic E-state index is 5.44. The van der Waals surface area contributed by atoms with Gasteiger partial charge in [0.1, 0.15) is 5.65 Å². The number of hydrogen-bond acceptors (Lipinski definition) is 6. The minimum Gasteiger partial charge on any atom is -0.378 e. The fourth-order valence-corrected chi connectivity index (χ4v) is 4.04. The normalized spacial score (nSPS) is 14.4. The monoisotopic (exact) mass is 411 g/mol. The van der Waals surface area contributed by atoms with Crippen molar-refractivity contribution in [1.82, 2.24) is 24.5 Å².